The zero-order chi connectivity index (χ0) is 13.8. The quantitative estimate of drug-likeness (QED) is 0.787. The summed E-state index contributed by atoms with van der Waals surface area (Å²) < 4.78 is 18.5. The van der Waals surface area contributed by atoms with E-state index >= 15 is 0 Å². The molecule has 0 spiro atoms. The van der Waals surface area contributed by atoms with Crippen LogP contribution in [-0.2, 0) is 11.2 Å². The number of hydrogen-bond donors (Lipinski definition) is 2. The number of nitrogens with zero attached hydrogens (tertiary/aromatic N) is 1. The molecular formula is C13H15FN2O3. The van der Waals surface area contributed by atoms with E-state index in [0.717, 1.165) is 12.5 Å². The van der Waals surface area contributed by atoms with Crippen LogP contribution in [0.2, 0.25) is 0 Å². The lowest BCUT2D eigenvalue weighted by Crippen LogP contribution is -1.99. The van der Waals surface area contributed by atoms with Gasteiger partial charge in [-0.1, -0.05) is 0 Å². The van der Waals surface area contributed by atoms with E-state index in [-0.39, 0.29) is 5.56 Å². The van der Waals surface area contributed by atoms with Gasteiger partial charge in [0.2, 0.25) is 0 Å². The van der Waals surface area contributed by atoms with E-state index in [4.69, 9.17) is 9.84 Å². The number of carbonyl (C=O) groups is 1. The number of halogens is 1. The fourth-order valence-corrected chi connectivity index (χ4v) is 1.90. The first-order chi connectivity index (χ1) is 9.11. The molecule has 5 nitrogen and oxygen atoms in total. The highest BCUT2D eigenvalue weighted by molar-refractivity contribution is 6.00. The Bertz CT molecular complexity index is 595. The summed E-state index contributed by atoms with van der Waals surface area (Å²) in [6.45, 7) is 3.20. The molecule has 1 heterocycles. The van der Waals surface area contributed by atoms with Crippen molar-refractivity contribution >= 4 is 17.0 Å². The third-order valence-electron chi connectivity index (χ3n) is 2.74. The van der Waals surface area contributed by atoms with Gasteiger partial charge in [0.05, 0.1) is 11.1 Å². The SMILES string of the molecule is CCOCCCc1nc2c(C(=O)O)cc(F)cc2[nH]1. The average molecular weight is 266 g/mol. The van der Waals surface area contributed by atoms with E-state index in [1.165, 1.54) is 6.07 Å². The molecule has 0 aliphatic rings. The van der Waals surface area contributed by atoms with E-state index in [0.29, 0.717) is 36.5 Å². The van der Waals surface area contributed by atoms with Crippen molar-refractivity contribution in [1.82, 2.24) is 9.97 Å². The zero-order valence-electron chi connectivity index (χ0n) is 10.6. The van der Waals surface area contributed by atoms with Gasteiger partial charge in [0.25, 0.3) is 0 Å². The fourth-order valence-electron chi connectivity index (χ4n) is 1.90. The molecule has 0 aliphatic carbocycles. The molecule has 1 aromatic heterocycles. The summed E-state index contributed by atoms with van der Waals surface area (Å²) in [6, 6.07) is 2.23. The predicted molar refractivity (Wildman–Crippen MR) is 67.8 cm³/mol. The summed E-state index contributed by atoms with van der Waals surface area (Å²) in [5.74, 6) is -1.13. The number of carboxylic acids is 1. The van der Waals surface area contributed by atoms with Gasteiger partial charge < -0.3 is 14.8 Å². The van der Waals surface area contributed by atoms with E-state index in [2.05, 4.69) is 9.97 Å². The topological polar surface area (TPSA) is 75.2 Å². The number of aryl methyl sites for hydroxylation is 1. The van der Waals surface area contributed by atoms with Crippen LogP contribution < -0.4 is 0 Å². The van der Waals surface area contributed by atoms with Gasteiger partial charge in [-0.25, -0.2) is 14.2 Å². The standard InChI is InChI=1S/C13H15FN2O3/c1-2-19-5-3-4-11-15-10-7-8(14)6-9(13(17)18)12(10)16-11/h6-7H,2-5H2,1H3,(H,15,16)(H,17,18). The van der Waals surface area contributed by atoms with Gasteiger partial charge in [-0.15, -0.1) is 0 Å². The molecule has 6 heteroatoms. The molecule has 102 valence electrons. The van der Waals surface area contributed by atoms with Crippen LogP contribution in [-0.4, -0.2) is 34.3 Å². The van der Waals surface area contributed by atoms with Gasteiger partial charge in [0.1, 0.15) is 17.2 Å². The van der Waals surface area contributed by atoms with Gasteiger partial charge in [-0.2, -0.15) is 0 Å². The van der Waals surface area contributed by atoms with Crippen LogP contribution in [0.4, 0.5) is 4.39 Å². The van der Waals surface area contributed by atoms with Crippen LogP contribution in [0.3, 0.4) is 0 Å². The Hall–Kier alpha value is -1.95. The second kappa shape index (κ2) is 5.79. The molecular weight excluding hydrogens is 251 g/mol. The molecule has 0 radical (unpaired) electrons. The van der Waals surface area contributed by atoms with Crippen molar-refractivity contribution < 1.29 is 19.0 Å². The van der Waals surface area contributed by atoms with Crippen LogP contribution in [0.5, 0.6) is 0 Å². The number of benzene rings is 1. The number of aromatic nitrogens is 2. The van der Waals surface area contributed by atoms with Crippen molar-refractivity contribution in [2.75, 3.05) is 13.2 Å². The van der Waals surface area contributed by atoms with Crippen LogP contribution in [0.25, 0.3) is 11.0 Å². The Morgan fingerprint density at radius 2 is 2.32 bits per heavy atom. The molecule has 0 atom stereocenters. The van der Waals surface area contributed by atoms with Crippen molar-refractivity contribution in [2.24, 2.45) is 0 Å². The highest BCUT2D eigenvalue weighted by atomic mass is 19.1. The first kappa shape index (κ1) is 13.5. The number of hydrogen-bond acceptors (Lipinski definition) is 3. The Labute approximate surface area is 109 Å². The Balaban J connectivity index is 2.24. The maximum Gasteiger partial charge on any atom is 0.338 e. The summed E-state index contributed by atoms with van der Waals surface area (Å²) in [7, 11) is 0. The number of ether oxygens (including phenoxy) is 1. The van der Waals surface area contributed by atoms with Gasteiger partial charge in [-0.05, 0) is 25.5 Å². The van der Waals surface area contributed by atoms with E-state index < -0.39 is 11.8 Å². The van der Waals surface area contributed by atoms with Crippen molar-refractivity contribution in [2.45, 2.75) is 19.8 Å². The molecule has 0 saturated carbocycles. The molecule has 2 rings (SSSR count). The minimum atomic E-state index is -1.18. The average Bonchev–Trinajstić information content (AvgIpc) is 2.76. The van der Waals surface area contributed by atoms with Gasteiger partial charge in [0, 0.05) is 19.6 Å². The second-order valence-electron chi connectivity index (χ2n) is 4.14. The van der Waals surface area contributed by atoms with Crippen molar-refractivity contribution in [3.8, 4) is 0 Å². The lowest BCUT2D eigenvalue weighted by atomic mass is 10.2. The van der Waals surface area contributed by atoms with E-state index in [1.54, 1.807) is 0 Å². The summed E-state index contributed by atoms with van der Waals surface area (Å²) in [6.07, 6.45) is 1.41. The molecule has 19 heavy (non-hydrogen) atoms. The van der Waals surface area contributed by atoms with Crippen molar-refractivity contribution in [3.05, 3.63) is 29.3 Å². The molecule has 0 saturated heterocycles. The Kier molecular flexibility index (Phi) is 4.11. The van der Waals surface area contributed by atoms with Crippen molar-refractivity contribution in [1.29, 1.82) is 0 Å². The molecule has 2 N–H and O–H groups in total. The second-order valence-corrected chi connectivity index (χ2v) is 4.14. The fraction of sp³-hybridized carbons (Fsp3) is 0.385. The van der Waals surface area contributed by atoms with Gasteiger partial charge in [0.15, 0.2) is 0 Å². The largest absolute Gasteiger partial charge is 0.478 e. The Morgan fingerprint density at radius 3 is 3.00 bits per heavy atom. The lowest BCUT2D eigenvalue weighted by Gasteiger charge is -1.98. The number of aromatic amines is 1. The van der Waals surface area contributed by atoms with Crippen LogP contribution >= 0.6 is 0 Å². The number of carboxylic acid groups (broad SMARTS) is 1. The molecule has 0 bridgehead atoms. The molecule has 2 aromatic rings. The highest BCUT2D eigenvalue weighted by Gasteiger charge is 2.14. The molecule has 0 aliphatic heterocycles. The lowest BCUT2D eigenvalue weighted by molar-refractivity contribution is 0.0698. The number of H-pyrrole nitrogens is 1. The first-order valence-corrected chi connectivity index (χ1v) is 6.11. The number of rotatable bonds is 6. The summed E-state index contributed by atoms with van der Waals surface area (Å²) in [5, 5.41) is 9.02. The molecule has 0 amide bonds. The van der Waals surface area contributed by atoms with Gasteiger partial charge in [-0.3, -0.25) is 0 Å². The maximum absolute atomic E-state index is 13.3. The van der Waals surface area contributed by atoms with Crippen molar-refractivity contribution in [3.63, 3.8) is 0 Å². The third-order valence-corrected chi connectivity index (χ3v) is 2.74. The van der Waals surface area contributed by atoms with Gasteiger partial charge >= 0.3 is 5.97 Å². The van der Waals surface area contributed by atoms with Crippen LogP contribution in [0, 0.1) is 5.82 Å². The normalized spacial score (nSPS) is 11.1. The molecule has 1 aromatic carbocycles. The van der Waals surface area contributed by atoms with Crippen LogP contribution in [0.15, 0.2) is 12.1 Å². The number of aromatic carboxylic acids is 1. The number of fused-ring (bicyclic) bond motifs is 1. The zero-order valence-corrected chi connectivity index (χ0v) is 10.6. The summed E-state index contributed by atoms with van der Waals surface area (Å²) in [5.41, 5.74) is 0.575. The Morgan fingerprint density at radius 1 is 1.53 bits per heavy atom. The van der Waals surface area contributed by atoms with E-state index in [9.17, 15) is 9.18 Å². The smallest absolute Gasteiger partial charge is 0.338 e. The molecule has 0 fully saturated rings. The molecule has 0 unspecified atom stereocenters. The van der Waals surface area contributed by atoms with Crippen LogP contribution in [0.1, 0.15) is 29.5 Å². The first-order valence-electron chi connectivity index (χ1n) is 6.11. The maximum atomic E-state index is 13.3. The van der Waals surface area contributed by atoms with E-state index in [1.807, 2.05) is 6.92 Å². The highest BCUT2D eigenvalue weighted by Crippen LogP contribution is 2.19. The predicted octanol–water partition coefficient (Wildman–Crippen LogP) is 2.37. The summed E-state index contributed by atoms with van der Waals surface area (Å²) in [4.78, 5) is 18.2. The minimum absolute atomic E-state index is 0.123. The number of imidazole rings is 1. The minimum Gasteiger partial charge on any atom is -0.478 e. The third kappa shape index (κ3) is 3.08. The summed E-state index contributed by atoms with van der Waals surface area (Å²) >= 11 is 0. The number of nitrogens with one attached hydrogen (secondary N) is 1. The monoisotopic (exact) mass is 266 g/mol.